The number of aromatic nitrogens is 2. The van der Waals surface area contributed by atoms with E-state index in [-0.39, 0.29) is 4.90 Å². The number of rotatable bonds is 2. The van der Waals surface area contributed by atoms with Crippen LogP contribution in [0.25, 0.3) is 11.0 Å². The maximum Gasteiger partial charge on any atom is 0.269 e. The first-order valence-corrected chi connectivity index (χ1v) is 8.53. The molecule has 3 rings (SSSR count). The monoisotopic (exact) mass is 418 g/mol. The van der Waals surface area contributed by atoms with E-state index in [0.29, 0.717) is 19.8 Å². The maximum absolute atomic E-state index is 12.7. The van der Waals surface area contributed by atoms with Gasteiger partial charge in [-0.3, -0.25) is 4.98 Å². The lowest BCUT2D eigenvalue weighted by Crippen LogP contribution is -2.14. The van der Waals surface area contributed by atoms with Gasteiger partial charge in [0.2, 0.25) is 0 Å². The number of benzene rings is 1. The summed E-state index contributed by atoms with van der Waals surface area (Å²) in [6, 6.07) is 11.6. The number of halogens is 2. The Hall–Kier alpha value is -1.12. The van der Waals surface area contributed by atoms with Gasteiger partial charge in [0.15, 0.2) is 0 Å². The van der Waals surface area contributed by atoms with E-state index in [2.05, 4.69) is 4.98 Å². The quantitative estimate of drug-likeness (QED) is 0.598. The second-order valence-electron chi connectivity index (χ2n) is 4.11. The van der Waals surface area contributed by atoms with Crippen molar-refractivity contribution in [3.8, 4) is 0 Å². The highest BCUT2D eigenvalue weighted by molar-refractivity contribution is 14.1. The van der Waals surface area contributed by atoms with Gasteiger partial charge in [-0.05, 0) is 46.9 Å². The fraction of sp³-hybridized carbons (Fsp3) is 0. The second-order valence-corrected chi connectivity index (χ2v) is 7.44. The molecular weight excluding hydrogens is 411 g/mol. The molecule has 0 spiro atoms. The van der Waals surface area contributed by atoms with Crippen LogP contribution in [-0.4, -0.2) is 17.4 Å². The number of hydrogen-bond acceptors (Lipinski definition) is 3. The Morgan fingerprint density at radius 1 is 1.15 bits per heavy atom. The Morgan fingerprint density at radius 3 is 2.55 bits per heavy atom. The predicted octanol–water partition coefficient (Wildman–Crippen LogP) is 3.53. The first-order valence-electron chi connectivity index (χ1n) is 5.63. The molecule has 1 aromatic carbocycles. The second kappa shape index (κ2) is 5.01. The number of pyridine rings is 1. The molecule has 0 aliphatic rings. The highest BCUT2D eigenvalue weighted by Crippen LogP contribution is 2.27. The predicted molar refractivity (Wildman–Crippen MR) is 86.5 cm³/mol. The van der Waals surface area contributed by atoms with Crippen LogP contribution in [-0.2, 0) is 10.0 Å². The Bertz CT molecular complexity index is 891. The van der Waals surface area contributed by atoms with Crippen LogP contribution in [0.2, 0.25) is 5.02 Å². The van der Waals surface area contributed by atoms with Gasteiger partial charge < -0.3 is 0 Å². The van der Waals surface area contributed by atoms with Gasteiger partial charge in [0.25, 0.3) is 10.0 Å². The molecule has 0 aliphatic heterocycles. The Kier molecular flexibility index (Phi) is 3.47. The zero-order chi connectivity index (χ0) is 14.3. The van der Waals surface area contributed by atoms with E-state index in [1.807, 2.05) is 22.6 Å². The molecule has 0 aliphatic carbocycles. The zero-order valence-corrected chi connectivity index (χ0v) is 13.7. The summed E-state index contributed by atoms with van der Waals surface area (Å²) in [5, 5.41) is 0.400. The highest BCUT2D eigenvalue weighted by atomic mass is 127. The molecule has 0 bridgehead atoms. The molecule has 4 nitrogen and oxygen atoms in total. The topological polar surface area (TPSA) is 52.0 Å². The molecule has 0 radical (unpaired) electrons. The van der Waals surface area contributed by atoms with Gasteiger partial charge in [0.1, 0.15) is 0 Å². The fourth-order valence-electron chi connectivity index (χ4n) is 1.94. The van der Waals surface area contributed by atoms with Crippen molar-refractivity contribution in [1.82, 2.24) is 8.96 Å². The number of hydrogen-bond donors (Lipinski definition) is 0. The summed E-state index contributed by atoms with van der Waals surface area (Å²) in [5.41, 5.74) is 1.07. The fourth-order valence-corrected chi connectivity index (χ4v) is 4.83. The van der Waals surface area contributed by atoms with E-state index in [0.717, 1.165) is 0 Å². The molecule has 0 saturated heterocycles. The van der Waals surface area contributed by atoms with Crippen LogP contribution in [0.1, 0.15) is 0 Å². The van der Waals surface area contributed by atoms with Crippen molar-refractivity contribution in [2.24, 2.45) is 0 Å². The van der Waals surface area contributed by atoms with E-state index in [9.17, 15) is 8.42 Å². The molecule has 0 atom stereocenters. The minimum Gasteiger partial charge on any atom is -0.253 e. The third-order valence-electron chi connectivity index (χ3n) is 2.81. The van der Waals surface area contributed by atoms with E-state index < -0.39 is 10.0 Å². The van der Waals surface area contributed by atoms with E-state index in [1.165, 1.54) is 10.2 Å². The average Bonchev–Trinajstić information content (AvgIpc) is 2.75. The van der Waals surface area contributed by atoms with Crippen molar-refractivity contribution in [1.29, 1.82) is 0 Å². The van der Waals surface area contributed by atoms with Gasteiger partial charge >= 0.3 is 0 Å². The summed E-state index contributed by atoms with van der Waals surface area (Å²) in [5.74, 6) is 0. The summed E-state index contributed by atoms with van der Waals surface area (Å²) in [4.78, 5) is 4.38. The minimum atomic E-state index is -3.66. The summed E-state index contributed by atoms with van der Waals surface area (Å²) in [6.07, 6.45) is 1.50. The SMILES string of the molecule is O=S(=O)(c1ccccc1)n1c(I)cc2ncc(Cl)cc21. The lowest BCUT2D eigenvalue weighted by atomic mass is 10.4. The van der Waals surface area contributed by atoms with Crippen molar-refractivity contribution >= 4 is 55.2 Å². The Labute approximate surface area is 134 Å². The van der Waals surface area contributed by atoms with Crippen LogP contribution >= 0.6 is 34.2 Å². The standard InChI is InChI=1S/C13H8ClIN2O2S/c14-9-6-12-11(16-8-9)7-13(15)17(12)20(18,19)10-4-2-1-3-5-10/h1-8H. The summed E-state index contributed by atoms with van der Waals surface area (Å²) in [7, 11) is -3.66. The molecule has 2 aromatic heterocycles. The molecule has 3 aromatic rings. The van der Waals surface area contributed by atoms with Gasteiger partial charge in [-0.2, -0.15) is 0 Å². The largest absolute Gasteiger partial charge is 0.269 e. The third kappa shape index (κ3) is 2.21. The smallest absolute Gasteiger partial charge is 0.253 e. The first kappa shape index (κ1) is 13.8. The van der Waals surface area contributed by atoms with E-state index in [4.69, 9.17) is 11.6 Å². The lowest BCUT2D eigenvalue weighted by molar-refractivity contribution is 0.588. The molecule has 0 saturated carbocycles. The van der Waals surface area contributed by atoms with Crippen LogP contribution in [0.3, 0.4) is 0 Å². The van der Waals surface area contributed by atoms with Crippen molar-refractivity contribution in [3.63, 3.8) is 0 Å². The minimum absolute atomic E-state index is 0.232. The molecule has 7 heteroatoms. The molecule has 20 heavy (non-hydrogen) atoms. The summed E-state index contributed by atoms with van der Waals surface area (Å²) < 4.78 is 27.3. The van der Waals surface area contributed by atoms with Gasteiger partial charge in [0.05, 0.1) is 24.7 Å². The molecular formula is C13H8ClIN2O2S. The molecule has 0 unspecified atom stereocenters. The van der Waals surface area contributed by atoms with Crippen LogP contribution in [0.5, 0.6) is 0 Å². The van der Waals surface area contributed by atoms with E-state index >= 15 is 0 Å². The average molecular weight is 419 g/mol. The molecule has 0 fully saturated rings. The van der Waals surface area contributed by atoms with Gasteiger partial charge in [-0.15, -0.1) is 0 Å². The normalized spacial score (nSPS) is 11.9. The lowest BCUT2D eigenvalue weighted by Gasteiger charge is -2.08. The van der Waals surface area contributed by atoms with Crippen LogP contribution in [0, 0.1) is 3.70 Å². The number of nitrogens with zero attached hydrogens (tertiary/aromatic N) is 2. The molecule has 2 heterocycles. The van der Waals surface area contributed by atoms with E-state index in [1.54, 1.807) is 42.5 Å². The van der Waals surface area contributed by atoms with Crippen molar-refractivity contribution < 1.29 is 8.42 Å². The third-order valence-corrected chi connectivity index (χ3v) is 5.88. The van der Waals surface area contributed by atoms with Gasteiger partial charge in [-0.1, -0.05) is 29.8 Å². The summed E-state index contributed by atoms with van der Waals surface area (Å²) in [6.45, 7) is 0. The molecule has 102 valence electrons. The zero-order valence-electron chi connectivity index (χ0n) is 9.99. The molecule has 0 N–H and O–H groups in total. The van der Waals surface area contributed by atoms with Crippen molar-refractivity contribution in [3.05, 3.63) is 57.4 Å². The van der Waals surface area contributed by atoms with Crippen molar-refractivity contribution in [2.45, 2.75) is 4.90 Å². The van der Waals surface area contributed by atoms with Gasteiger partial charge in [0, 0.05) is 6.20 Å². The van der Waals surface area contributed by atoms with Crippen LogP contribution in [0.4, 0.5) is 0 Å². The Morgan fingerprint density at radius 2 is 1.85 bits per heavy atom. The van der Waals surface area contributed by atoms with Crippen LogP contribution in [0.15, 0.2) is 53.6 Å². The Balaban J connectivity index is 2.35. The van der Waals surface area contributed by atoms with Gasteiger partial charge in [-0.25, -0.2) is 12.4 Å². The first-order chi connectivity index (χ1) is 9.50. The maximum atomic E-state index is 12.7. The summed E-state index contributed by atoms with van der Waals surface area (Å²) >= 11 is 7.90. The number of fused-ring (bicyclic) bond motifs is 1. The van der Waals surface area contributed by atoms with Crippen molar-refractivity contribution in [2.75, 3.05) is 0 Å². The van der Waals surface area contributed by atoms with Crippen LogP contribution < -0.4 is 0 Å². The highest BCUT2D eigenvalue weighted by Gasteiger charge is 2.22. The molecule has 0 amide bonds.